The van der Waals surface area contributed by atoms with E-state index < -0.39 is 8.07 Å². The molecule has 1 aromatic carbocycles. The number of rotatable bonds is 4. The quantitative estimate of drug-likeness (QED) is 0.490. The number of allylic oxidation sites excluding steroid dienone is 2. The molecule has 3 heteroatoms. The van der Waals surface area contributed by atoms with Gasteiger partial charge in [-0.1, -0.05) is 56.6 Å². The van der Waals surface area contributed by atoms with Crippen molar-refractivity contribution in [3.63, 3.8) is 0 Å². The number of benzene rings is 1. The third-order valence-electron chi connectivity index (χ3n) is 2.37. The SMILES string of the molecule is C=C/C=C(\C(=O)Nc1ccccc1)[Si](C)(C)C. The van der Waals surface area contributed by atoms with Crippen LogP contribution in [0.4, 0.5) is 5.69 Å². The van der Waals surface area contributed by atoms with Crippen molar-refractivity contribution in [3.8, 4) is 0 Å². The Morgan fingerprint density at radius 2 is 1.82 bits per heavy atom. The summed E-state index contributed by atoms with van der Waals surface area (Å²) in [6.07, 6.45) is 3.50. The normalized spacial score (nSPS) is 12.1. The summed E-state index contributed by atoms with van der Waals surface area (Å²) in [4.78, 5) is 12.2. The Hall–Kier alpha value is -1.61. The number of nitrogens with one attached hydrogen (secondary N) is 1. The molecule has 17 heavy (non-hydrogen) atoms. The van der Waals surface area contributed by atoms with Crippen molar-refractivity contribution < 1.29 is 4.79 Å². The number of amides is 1. The van der Waals surface area contributed by atoms with Gasteiger partial charge in [-0.3, -0.25) is 4.79 Å². The van der Waals surface area contributed by atoms with Gasteiger partial charge in [0.25, 0.3) is 0 Å². The van der Waals surface area contributed by atoms with Crippen LogP contribution in [0.5, 0.6) is 0 Å². The molecule has 0 unspecified atom stereocenters. The maximum absolute atomic E-state index is 12.2. The zero-order chi connectivity index (χ0) is 12.9. The van der Waals surface area contributed by atoms with Gasteiger partial charge in [0.15, 0.2) is 0 Å². The van der Waals surface area contributed by atoms with E-state index in [4.69, 9.17) is 0 Å². The van der Waals surface area contributed by atoms with Gasteiger partial charge in [0.05, 0.1) is 8.07 Å². The fourth-order valence-corrected chi connectivity index (χ4v) is 2.87. The lowest BCUT2D eigenvalue weighted by molar-refractivity contribution is -0.112. The Kier molecular flexibility index (Phi) is 4.46. The molecule has 0 saturated carbocycles. The van der Waals surface area contributed by atoms with Gasteiger partial charge in [0, 0.05) is 10.9 Å². The minimum atomic E-state index is -1.65. The number of anilines is 1. The Balaban J connectivity index is 2.88. The fourth-order valence-electron chi connectivity index (χ4n) is 1.50. The lowest BCUT2D eigenvalue weighted by Crippen LogP contribution is -2.33. The molecule has 1 rings (SSSR count). The molecule has 1 aromatic rings. The standard InChI is InChI=1S/C14H19NOSi/c1-5-9-13(17(2,3)4)14(16)15-12-10-7-6-8-11-12/h5-11H,1H2,2-4H3,(H,15,16)/b13-9+. The molecule has 0 radical (unpaired) electrons. The molecule has 1 amide bonds. The van der Waals surface area contributed by atoms with Crippen molar-refractivity contribution in [2.45, 2.75) is 19.6 Å². The van der Waals surface area contributed by atoms with Gasteiger partial charge in [-0.05, 0) is 12.1 Å². The van der Waals surface area contributed by atoms with Crippen LogP contribution in [0.15, 0.2) is 54.3 Å². The second-order valence-electron chi connectivity index (χ2n) is 4.89. The van der Waals surface area contributed by atoms with E-state index in [9.17, 15) is 4.79 Å². The minimum absolute atomic E-state index is 0.0183. The predicted octanol–water partition coefficient (Wildman–Crippen LogP) is 3.61. The van der Waals surface area contributed by atoms with Crippen molar-refractivity contribution in [2.75, 3.05) is 5.32 Å². The van der Waals surface area contributed by atoms with E-state index >= 15 is 0 Å². The third kappa shape index (κ3) is 4.04. The van der Waals surface area contributed by atoms with E-state index in [0.717, 1.165) is 10.9 Å². The maximum atomic E-state index is 12.2. The van der Waals surface area contributed by atoms with Crippen LogP contribution >= 0.6 is 0 Å². The molecule has 2 nitrogen and oxygen atoms in total. The highest BCUT2D eigenvalue weighted by molar-refractivity contribution is 6.87. The smallest absolute Gasteiger partial charge is 0.247 e. The molecule has 0 saturated heterocycles. The molecule has 0 aliphatic rings. The summed E-state index contributed by atoms with van der Waals surface area (Å²) in [7, 11) is -1.65. The maximum Gasteiger partial charge on any atom is 0.247 e. The molecule has 90 valence electrons. The average molecular weight is 245 g/mol. The van der Waals surface area contributed by atoms with Gasteiger partial charge < -0.3 is 5.32 Å². The Morgan fingerprint density at radius 1 is 1.24 bits per heavy atom. The highest BCUT2D eigenvalue weighted by atomic mass is 28.3. The van der Waals surface area contributed by atoms with Gasteiger partial charge >= 0.3 is 0 Å². The summed E-state index contributed by atoms with van der Waals surface area (Å²) >= 11 is 0. The molecule has 0 heterocycles. The summed E-state index contributed by atoms with van der Waals surface area (Å²) in [6.45, 7) is 10.1. The zero-order valence-corrected chi connectivity index (χ0v) is 11.7. The Labute approximate surface area is 104 Å². The summed E-state index contributed by atoms with van der Waals surface area (Å²) in [5, 5.41) is 3.77. The predicted molar refractivity (Wildman–Crippen MR) is 76.7 cm³/mol. The Bertz CT molecular complexity index is 429. The van der Waals surface area contributed by atoms with Gasteiger partial charge in [-0.2, -0.15) is 0 Å². The highest BCUT2D eigenvalue weighted by Crippen LogP contribution is 2.17. The summed E-state index contributed by atoms with van der Waals surface area (Å²) in [6, 6.07) is 9.50. The molecular formula is C14H19NOSi. The van der Waals surface area contributed by atoms with Crippen molar-refractivity contribution in [2.24, 2.45) is 0 Å². The number of hydrogen-bond donors (Lipinski definition) is 1. The third-order valence-corrected chi connectivity index (χ3v) is 4.38. The van der Waals surface area contributed by atoms with Crippen LogP contribution in [0.25, 0.3) is 0 Å². The summed E-state index contributed by atoms with van der Waals surface area (Å²) in [5.74, 6) is -0.0183. The molecule has 0 aliphatic carbocycles. The van der Waals surface area contributed by atoms with Gasteiger partial charge in [-0.25, -0.2) is 0 Å². The van der Waals surface area contributed by atoms with Crippen LogP contribution in [0.1, 0.15) is 0 Å². The van der Waals surface area contributed by atoms with E-state index in [1.54, 1.807) is 6.08 Å². The first-order valence-electron chi connectivity index (χ1n) is 5.65. The average Bonchev–Trinajstić information content (AvgIpc) is 2.25. The molecule has 0 aromatic heterocycles. The van der Waals surface area contributed by atoms with Gasteiger partial charge in [0.1, 0.15) is 0 Å². The molecule has 0 fully saturated rings. The lowest BCUT2D eigenvalue weighted by atomic mass is 10.3. The van der Waals surface area contributed by atoms with E-state index in [-0.39, 0.29) is 5.91 Å². The van der Waals surface area contributed by atoms with Crippen LogP contribution in [0.2, 0.25) is 19.6 Å². The van der Waals surface area contributed by atoms with Crippen LogP contribution in [0.3, 0.4) is 0 Å². The molecule has 0 atom stereocenters. The molecule has 0 aliphatic heterocycles. The van der Waals surface area contributed by atoms with E-state index in [0.29, 0.717) is 0 Å². The summed E-state index contributed by atoms with van der Waals surface area (Å²) < 4.78 is 0. The second-order valence-corrected chi connectivity index (χ2v) is 9.92. The van der Waals surface area contributed by atoms with Crippen molar-refractivity contribution in [1.82, 2.24) is 0 Å². The fraction of sp³-hybridized carbons (Fsp3) is 0.214. The van der Waals surface area contributed by atoms with E-state index in [1.165, 1.54) is 0 Å². The topological polar surface area (TPSA) is 29.1 Å². The van der Waals surface area contributed by atoms with E-state index in [1.807, 2.05) is 36.4 Å². The first kappa shape index (κ1) is 13.5. The van der Waals surface area contributed by atoms with E-state index in [2.05, 4.69) is 31.5 Å². The van der Waals surface area contributed by atoms with Crippen LogP contribution in [-0.4, -0.2) is 14.0 Å². The van der Waals surface area contributed by atoms with Gasteiger partial charge in [-0.15, -0.1) is 0 Å². The number of carbonyl (C=O) groups is 1. The zero-order valence-electron chi connectivity index (χ0n) is 10.7. The molecule has 1 N–H and O–H groups in total. The second kappa shape index (κ2) is 5.64. The minimum Gasteiger partial charge on any atom is -0.323 e. The van der Waals surface area contributed by atoms with Crippen LogP contribution in [-0.2, 0) is 4.79 Å². The monoisotopic (exact) mass is 245 g/mol. The number of hydrogen-bond acceptors (Lipinski definition) is 1. The number of para-hydroxylation sites is 1. The van der Waals surface area contributed by atoms with Crippen molar-refractivity contribution >= 4 is 19.7 Å². The summed E-state index contributed by atoms with van der Waals surface area (Å²) in [5.41, 5.74) is 0.825. The van der Waals surface area contributed by atoms with Crippen molar-refractivity contribution in [3.05, 3.63) is 54.3 Å². The Morgan fingerprint density at radius 3 is 2.29 bits per heavy atom. The van der Waals surface area contributed by atoms with Crippen LogP contribution < -0.4 is 5.32 Å². The lowest BCUT2D eigenvalue weighted by Gasteiger charge is -2.19. The van der Waals surface area contributed by atoms with Gasteiger partial charge in [0.2, 0.25) is 5.91 Å². The first-order valence-corrected chi connectivity index (χ1v) is 9.15. The van der Waals surface area contributed by atoms with Crippen molar-refractivity contribution in [1.29, 1.82) is 0 Å². The van der Waals surface area contributed by atoms with Crippen LogP contribution in [0, 0.1) is 0 Å². The highest BCUT2D eigenvalue weighted by Gasteiger charge is 2.25. The molecule has 0 spiro atoms. The number of carbonyl (C=O) groups excluding carboxylic acids is 1. The molecular weight excluding hydrogens is 226 g/mol. The first-order chi connectivity index (χ1) is 7.95. The largest absolute Gasteiger partial charge is 0.323 e. The molecule has 0 bridgehead atoms.